The monoisotopic (exact) mass is 356 g/mol. The second-order valence-electron chi connectivity index (χ2n) is 6.76. The van der Waals surface area contributed by atoms with E-state index < -0.39 is 0 Å². The predicted octanol–water partition coefficient (Wildman–Crippen LogP) is 2.56. The Balaban J connectivity index is 1.35. The lowest BCUT2D eigenvalue weighted by Gasteiger charge is -2.35. The highest BCUT2D eigenvalue weighted by molar-refractivity contribution is 5.36. The van der Waals surface area contributed by atoms with Crippen molar-refractivity contribution < 1.29 is 14.2 Å². The van der Waals surface area contributed by atoms with Crippen molar-refractivity contribution in [1.82, 2.24) is 19.9 Å². The maximum absolute atomic E-state index is 5.99. The van der Waals surface area contributed by atoms with E-state index in [0.29, 0.717) is 25.0 Å². The van der Waals surface area contributed by atoms with Gasteiger partial charge in [0.15, 0.2) is 5.75 Å². The molecule has 1 unspecified atom stereocenters. The van der Waals surface area contributed by atoms with Crippen LogP contribution >= 0.6 is 0 Å². The number of nitrogens with zero attached hydrogens (tertiary/aromatic N) is 4. The Morgan fingerprint density at radius 3 is 2.73 bits per heavy atom. The van der Waals surface area contributed by atoms with E-state index in [1.54, 1.807) is 12.4 Å². The zero-order chi connectivity index (χ0) is 17.9. The van der Waals surface area contributed by atoms with Crippen molar-refractivity contribution in [2.24, 2.45) is 0 Å². The summed E-state index contributed by atoms with van der Waals surface area (Å²) in [6.07, 6.45) is 5.52. The molecular weight excluding hydrogens is 332 g/mol. The number of aromatic nitrogens is 3. The summed E-state index contributed by atoms with van der Waals surface area (Å²) in [5, 5.41) is 0. The first kappa shape index (κ1) is 17.0. The average molecular weight is 356 g/mol. The number of ether oxygens (including phenoxy) is 3. The summed E-state index contributed by atoms with van der Waals surface area (Å²) in [6, 6.07) is 4.22. The molecule has 0 saturated carbocycles. The zero-order valence-electron chi connectivity index (χ0n) is 15.2. The van der Waals surface area contributed by atoms with Gasteiger partial charge in [-0.25, -0.2) is 9.97 Å². The van der Waals surface area contributed by atoms with Gasteiger partial charge in [-0.2, -0.15) is 0 Å². The van der Waals surface area contributed by atoms with E-state index in [-0.39, 0.29) is 12.1 Å². The van der Waals surface area contributed by atoms with Gasteiger partial charge in [-0.05, 0) is 38.8 Å². The van der Waals surface area contributed by atoms with Crippen LogP contribution in [0.3, 0.4) is 0 Å². The number of aryl methyl sites for hydroxylation is 1. The van der Waals surface area contributed by atoms with Crippen molar-refractivity contribution in [3.8, 4) is 17.5 Å². The van der Waals surface area contributed by atoms with Gasteiger partial charge in [0.25, 0.3) is 5.88 Å². The van der Waals surface area contributed by atoms with Crippen LogP contribution in [0.25, 0.3) is 0 Å². The number of hydrogen-bond donors (Lipinski definition) is 0. The Kier molecular flexibility index (Phi) is 4.88. The van der Waals surface area contributed by atoms with E-state index in [1.165, 1.54) is 0 Å². The molecule has 2 aliphatic rings. The van der Waals surface area contributed by atoms with Crippen LogP contribution in [0.4, 0.5) is 0 Å². The van der Waals surface area contributed by atoms with Crippen LogP contribution in [-0.4, -0.2) is 52.3 Å². The molecule has 1 atom stereocenters. The van der Waals surface area contributed by atoms with Gasteiger partial charge >= 0.3 is 0 Å². The highest BCUT2D eigenvalue weighted by Crippen LogP contribution is 2.31. The van der Waals surface area contributed by atoms with Gasteiger partial charge in [-0.15, -0.1) is 0 Å². The molecule has 0 N–H and O–H groups in total. The van der Waals surface area contributed by atoms with E-state index in [9.17, 15) is 0 Å². The molecular formula is C19H24N4O3. The normalized spacial score (nSPS) is 19.2. The summed E-state index contributed by atoms with van der Waals surface area (Å²) >= 11 is 0. The number of rotatable bonds is 4. The lowest BCUT2D eigenvalue weighted by atomic mass is 10.0. The van der Waals surface area contributed by atoms with Gasteiger partial charge in [0.2, 0.25) is 5.88 Å². The van der Waals surface area contributed by atoms with Crippen molar-refractivity contribution in [2.75, 3.05) is 26.3 Å². The number of pyridine rings is 1. The van der Waals surface area contributed by atoms with E-state index in [2.05, 4.69) is 26.8 Å². The zero-order valence-corrected chi connectivity index (χ0v) is 15.2. The molecule has 1 saturated heterocycles. The van der Waals surface area contributed by atoms with Crippen LogP contribution in [0.2, 0.25) is 0 Å². The van der Waals surface area contributed by atoms with Gasteiger partial charge < -0.3 is 14.2 Å². The smallest absolute Gasteiger partial charge is 0.257 e. The average Bonchev–Trinajstić information content (AvgIpc) is 2.68. The maximum atomic E-state index is 5.99. The minimum Gasteiger partial charge on any atom is -0.484 e. The van der Waals surface area contributed by atoms with Crippen LogP contribution in [0.5, 0.6) is 17.5 Å². The van der Waals surface area contributed by atoms with Crippen LogP contribution in [0.15, 0.2) is 24.5 Å². The molecule has 2 aliphatic heterocycles. The lowest BCUT2D eigenvalue weighted by Crippen LogP contribution is -2.40. The largest absolute Gasteiger partial charge is 0.484 e. The summed E-state index contributed by atoms with van der Waals surface area (Å²) in [7, 11) is 0. The second-order valence-corrected chi connectivity index (χ2v) is 6.76. The molecule has 2 aromatic rings. The van der Waals surface area contributed by atoms with Crippen molar-refractivity contribution >= 4 is 0 Å². The predicted molar refractivity (Wildman–Crippen MR) is 95.6 cm³/mol. The molecule has 4 heterocycles. The Morgan fingerprint density at radius 1 is 1.12 bits per heavy atom. The summed E-state index contributed by atoms with van der Waals surface area (Å²) in [5.41, 5.74) is 1.89. The van der Waals surface area contributed by atoms with Crippen LogP contribution in [0.1, 0.15) is 37.2 Å². The van der Waals surface area contributed by atoms with Gasteiger partial charge in [-0.3, -0.25) is 9.88 Å². The fourth-order valence-corrected chi connectivity index (χ4v) is 3.41. The van der Waals surface area contributed by atoms with Crippen LogP contribution < -0.4 is 14.2 Å². The fraction of sp³-hybridized carbons (Fsp3) is 0.526. The molecule has 138 valence electrons. The Labute approximate surface area is 153 Å². The SMILES string of the molecule is Cc1cncc(OC2CCN(C(C)c3ccc4c(n3)OCCO4)CC2)n1. The van der Waals surface area contributed by atoms with Crippen molar-refractivity contribution in [3.05, 3.63) is 35.9 Å². The molecule has 7 heteroatoms. The third kappa shape index (κ3) is 3.72. The highest BCUT2D eigenvalue weighted by atomic mass is 16.6. The molecule has 7 nitrogen and oxygen atoms in total. The van der Waals surface area contributed by atoms with E-state index >= 15 is 0 Å². The third-order valence-corrected chi connectivity index (χ3v) is 4.90. The van der Waals surface area contributed by atoms with E-state index in [1.807, 2.05) is 19.1 Å². The van der Waals surface area contributed by atoms with Crippen molar-refractivity contribution in [2.45, 2.75) is 38.8 Å². The van der Waals surface area contributed by atoms with Gasteiger partial charge in [0.1, 0.15) is 19.3 Å². The molecule has 26 heavy (non-hydrogen) atoms. The Bertz CT molecular complexity index is 762. The number of piperidine rings is 1. The molecule has 2 aromatic heterocycles. The molecule has 0 aromatic carbocycles. The van der Waals surface area contributed by atoms with Gasteiger partial charge in [-0.1, -0.05) is 0 Å². The van der Waals surface area contributed by atoms with Crippen LogP contribution in [-0.2, 0) is 0 Å². The molecule has 0 aliphatic carbocycles. The standard InChI is InChI=1S/C19H24N4O3/c1-13-11-20-12-18(21-13)26-15-5-7-23(8-6-15)14(2)16-3-4-17-19(22-16)25-10-9-24-17/h3-4,11-12,14-15H,5-10H2,1-2H3. The first-order valence-corrected chi connectivity index (χ1v) is 9.15. The Morgan fingerprint density at radius 2 is 1.92 bits per heavy atom. The lowest BCUT2D eigenvalue weighted by molar-refractivity contribution is 0.0749. The summed E-state index contributed by atoms with van der Waals surface area (Å²) in [4.78, 5) is 15.6. The van der Waals surface area contributed by atoms with Crippen molar-refractivity contribution in [1.29, 1.82) is 0 Å². The third-order valence-electron chi connectivity index (χ3n) is 4.90. The second kappa shape index (κ2) is 7.45. The Hall–Kier alpha value is -2.41. The van der Waals surface area contributed by atoms with E-state index in [4.69, 9.17) is 14.2 Å². The quantitative estimate of drug-likeness (QED) is 0.834. The summed E-state index contributed by atoms with van der Waals surface area (Å²) < 4.78 is 17.2. The first-order chi connectivity index (χ1) is 12.7. The highest BCUT2D eigenvalue weighted by Gasteiger charge is 2.26. The topological polar surface area (TPSA) is 69.6 Å². The fourth-order valence-electron chi connectivity index (χ4n) is 3.41. The van der Waals surface area contributed by atoms with Crippen molar-refractivity contribution in [3.63, 3.8) is 0 Å². The molecule has 0 amide bonds. The summed E-state index contributed by atoms with van der Waals surface area (Å²) in [6.45, 7) is 7.17. The molecule has 4 rings (SSSR count). The maximum Gasteiger partial charge on any atom is 0.257 e. The minimum atomic E-state index is 0.183. The molecule has 1 fully saturated rings. The molecule has 0 spiro atoms. The number of fused-ring (bicyclic) bond motifs is 1. The minimum absolute atomic E-state index is 0.183. The summed E-state index contributed by atoms with van der Waals surface area (Å²) in [5.74, 6) is 1.96. The van der Waals surface area contributed by atoms with Crippen LogP contribution in [0, 0.1) is 6.92 Å². The first-order valence-electron chi connectivity index (χ1n) is 9.15. The van der Waals surface area contributed by atoms with Gasteiger partial charge in [0, 0.05) is 25.3 Å². The molecule has 0 radical (unpaired) electrons. The number of likely N-dealkylation sites (tertiary alicyclic amines) is 1. The van der Waals surface area contributed by atoms with E-state index in [0.717, 1.165) is 43.1 Å². The number of hydrogen-bond acceptors (Lipinski definition) is 7. The molecule has 0 bridgehead atoms. The van der Waals surface area contributed by atoms with Gasteiger partial charge in [0.05, 0.1) is 17.6 Å².